The van der Waals surface area contributed by atoms with Crippen molar-refractivity contribution >= 4 is 13.8 Å². The summed E-state index contributed by atoms with van der Waals surface area (Å²) in [7, 11) is 0. The molecule has 5 heteroatoms. The van der Waals surface area contributed by atoms with Gasteiger partial charge in [0.05, 0.1) is 0 Å². The summed E-state index contributed by atoms with van der Waals surface area (Å²) in [6.07, 6.45) is 0. The van der Waals surface area contributed by atoms with E-state index >= 15 is 0 Å². The second-order valence-corrected chi connectivity index (χ2v) is 6.86. The number of hydrogen-bond donors (Lipinski definition) is 1. The van der Waals surface area contributed by atoms with E-state index in [4.69, 9.17) is 0 Å². The van der Waals surface area contributed by atoms with Crippen LogP contribution in [-0.2, 0) is 7.67 Å². The Morgan fingerprint density at radius 3 is 2.14 bits per heavy atom. The average molecular weight is 267 g/mol. The molecular formula is C9H20N2O2Se. The predicted octanol–water partition coefficient (Wildman–Crippen LogP) is 0.273. The monoisotopic (exact) mass is 268 g/mol. The molecule has 0 aromatic rings. The second-order valence-electron chi connectivity index (χ2n) is 4.35. The van der Waals surface area contributed by atoms with Crippen molar-refractivity contribution in [2.24, 2.45) is 5.92 Å². The minimum atomic E-state index is -3.28. The summed E-state index contributed by atoms with van der Waals surface area (Å²) in [5, 5.41) is 3.17. The summed E-state index contributed by atoms with van der Waals surface area (Å²) >= 11 is -3.28. The number of nitrogens with one attached hydrogen (secondary N) is 1. The minimum absolute atomic E-state index is 0.0994. The molecule has 0 radical (unpaired) electrons. The van der Waals surface area contributed by atoms with Crippen LogP contribution < -0.4 is 5.32 Å². The van der Waals surface area contributed by atoms with Gasteiger partial charge in [0, 0.05) is 0 Å². The fourth-order valence-corrected chi connectivity index (χ4v) is 4.72. The van der Waals surface area contributed by atoms with Gasteiger partial charge in [-0.2, -0.15) is 0 Å². The predicted molar refractivity (Wildman–Crippen MR) is 55.9 cm³/mol. The summed E-state index contributed by atoms with van der Waals surface area (Å²) in [6, 6.07) is 0.271. The third-order valence-electron chi connectivity index (χ3n) is 2.88. The summed E-state index contributed by atoms with van der Waals surface area (Å²) < 4.78 is 22.2. The second kappa shape index (κ2) is 4.27. The fourth-order valence-electron chi connectivity index (χ4n) is 2.20. The van der Waals surface area contributed by atoms with Crippen molar-refractivity contribution in [2.45, 2.75) is 38.3 Å². The molecule has 14 heavy (non-hydrogen) atoms. The van der Waals surface area contributed by atoms with Crippen molar-refractivity contribution in [3.8, 4) is 0 Å². The number of hydrogen-bond acceptors (Lipinski definition) is 4. The molecule has 4 nitrogen and oxygen atoms in total. The van der Waals surface area contributed by atoms with Crippen molar-refractivity contribution in [3.63, 3.8) is 0 Å². The van der Waals surface area contributed by atoms with Crippen molar-refractivity contribution in [3.05, 3.63) is 0 Å². The normalized spacial score (nSPS) is 29.6. The Morgan fingerprint density at radius 1 is 1.29 bits per heavy atom. The maximum atomic E-state index is 11.5. The summed E-state index contributed by atoms with van der Waals surface area (Å²) in [5.74, 6) is 0.0994. The molecule has 1 saturated heterocycles. The van der Waals surface area contributed by atoms with E-state index in [1.807, 2.05) is 27.7 Å². The molecule has 1 aliphatic rings. The van der Waals surface area contributed by atoms with Crippen LogP contribution in [0.2, 0.25) is 0 Å². The molecule has 0 saturated carbocycles. The standard InChI is InChI=1S/C9H20N2O2Se/c1-7(2)9(14(12)13)10-5-6-11(9)8(3)4/h7-8,10,14H,5-6H2,1-4H3. The molecule has 1 rings (SSSR count). The van der Waals surface area contributed by atoms with E-state index in [0.29, 0.717) is 0 Å². The van der Waals surface area contributed by atoms with Crippen molar-refractivity contribution in [1.29, 1.82) is 0 Å². The molecule has 0 spiro atoms. The van der Waals surface area contributed by atoms with E-state index in [0.717, 1.165) is 13.1 Å². The van der Waals surface area contributed by atoms with Crippen molar-refractivity contribution < 1.29 is 7.67 Å². The molecule has 1 fully saturated rings. The Hall–Kier alpha value is 0.0395. The van der Waals surface area contributed by atoms with Crippen LogP contribution in [0.1, 0.15) is 27.7 Å². The topological polar surface area (TPSA) is 49.4 Å². The Labute approximate surface area is 89.3 Å². The van der Waals surface area contributed by atoms with Crippen LogP contribution in [-0.4, -0.2) is 42.4 Å². The number of nitrogens with zero attached hydrogens (tertiary/aromatic N) is 1. The zero-order chi connectivity index (χ0) is 10.9. The number of rotatable bonds is 3. The van der Waals surface area contributed by atoms with E-state index in [1.54, 1.807) is 0 Å². The third-order valence-corrected chi connectivity index (χ3v) is 6.00. The van der Waals surface area contributed by atoms with Gasteiger partial charge in [0.15, 0.2) is 0 Å². The fraction of sp³-hybridized carbons (Fsp3) is 1.00. The van der Waals surface area contributed by atoms with Crippen LogP contribution in [0.25, 0.3) is 0 Å². The van der Waals surface area contributed by atoms with E-state index < -0.39 is 18.3 Å². The molecule has 84 valence electrons. The Morgan fingerprint density at radius 2 is 1.86 bits per heavy atom. The van der Waals surface area contributed by atoms with Gasteiger partial charge in [0.25, 0.3) is 0 Å². The van der Waals surface area contributed by atoms with Crippen LogP contribution >= 0.6 is 0 Å². The molecule has 1 unspecified atom stereocenters. The van der Waals surface area contributed by atoms with Gasteiger partial charge in [-0.25, -0.2) is 0 Å². The maximum absolute atomic E-state index is 11.5. The van der Waals surface area contributed by atoms with E-state index in [9.17, 15) is 7.67 Å². The van der Waals surface area contributed by atoms with E-state index in [-0.39, 0.29) is 12.0 Å². The molecule has 0 aromatic heterocycles. The molecule has 1 N–H and O–H groups in total. The van der Waals surface area contributed by atoms with Crippen LogP contribution in [0.4, 0.5) is 0 Å². The van der Waals surface area contributed by atoms with Crippen LogP contribution in [0.5, 0.6) is 0 Å². The molecule has 1 aliphatic heterocycles. The Bertz CT molecular complexity index is 268. The molecular weight excluding hydrogens is 247 g/mol. The molecule has 0 aliphatic carbocycles. The van der Waals surface area contributed by atoms with Crippen LogP contribution in [0.15, 0.2) is 0 Å². The summed E-state index contributed by atoms with van der Waals surface area (Å²) in [5.41, 5.74) is 0. The first-order valence-corrected chi connectivity index (χ1v) is 7.56. The van der Waals surface area contributed by atoms with Crippen molar-refractivity contribution in [1.82, 2.24) is 10.2 Å². The van der Waals surface area contributed by atoms with Crippen LogP contribution in [0.3, 0.4) is 0 Å². The first-order valence-electron chi connectivity index (χ1n) is 5.09. The van der Waals surface area contributed by atoms with Gasteiger partial charge in [-0.05, 0) is 0 Å². The van der Waals surface area contributed by atoms with Gasteiger partial charge >= 0.3 is 89.0 Å². The molecule has 0 bridgehead atoms. The molecule has 0 aromatic carbocycles. The molecule has 1 atom stereocenters. The Balaban J connectivity index is 3.08. The SMILES string of the molecule is CC(C)N1CCNC1(C(C)C)[SeH](=O)=O. The van der Waals surface area contributed by atoms with Gasteiger partial charge in [-0.1, -0.05) is 0 Å². The molecule has 1 heterocycles. The quantitative estimate of drug-likeness (QED) is 0.746. The van der Waals surface area contributed by atoms with E-state index in [2.05, 4.69) is 10.2 Å². The summed E-state index contributed by atoms with van der Waals surface area (Å²) in [4.78, 5) is 2.07. The average Bonchev–Trinajstić information content (AvgIpc) is 2.47. The van der Waals surface area contributed by atoms with Gasteiger partial charge < -0.3 is 0 Å². The van der Waals surface area contributed by atoms with Gasteiger partial charge in [0.2, 0.25) is 0 Å². The van der Waals surface area contributed by atoms with E-state index in [1.165, 1.54) is 0 Å². The Kier molecular flexibility index (Phi) is 3.69. The molecule has 0 amide bonds. The third kappa shape index (κ3) is 1.74. The van der Waals surface area contributed by atoms with Gasteiger partial charge in [-0.15, -0.1) is 0 Å². The summed E-state index contributed by atoms with van der Waals surface area (Å²) in [6.45, 7) is 9.61. The first kappa shape index (κ1) is 12.1. The van der Waals surface area contributed by atoms with Gasteiger partial charge in [0.1, 0.15) is 0 Å². The van der Waals surface area contributed by atoms with Gasteiger partial charge in [-0.3, -0.25) is 0 Å². The zero-order valence-electron chi connectivity index (χ0n) is 9.28. The first-order chi connectivity index (χ1) is 6.43. The van der Waals surface area contributed by atoms with Crippen LogP contribution in [0, 0.1) is 5.92 Å². The zero-order valence-corrected chi connectivity index (χ0v) is 11.2. The van der Waals surface area contributed by atoms with Crippen molar-refractivity contribution in [2.75, 3.05) is 13.1 Å².